The monoisotopic (exact) mass is 202 g/mol. The number of aliphatic hydroxyl groups is 1. The third-order valence-corrected chi connectivity index (χ3v) is 4.10. The van der Waals surface area contributed by atoms with Crippen molar-refractivity contribution in [3.63, 3.8) is 0 Å². The molecule has 1 fully saturated rings. The van der Waals surface area contributed by atoms with Crippen molar-refractivity contribution in [1.82, 2.24) is 0 Å². The quantitative estimate of drug-likeness (QED) is 0.756. The average molecular weight is 202 g/mol. The molecule has 78 valence electrons. The number of thioether (sulfide) groups is 1. The Morgan fingerprint density at radius 3 is 2.62 bits per heavy atom. The Bertz CT molecular complexity index is 147. The van der Waals surface area contributed by atoms with Gasteiger partial charge in [-0.3, -0.25) is 0 Å². The maximum Gasteiger partial charge on any atom is 0.0540 e. The van der Waals surface area contributed by atoms with E-state index in [-0.39, 0.29) is 6.10 Å². The minimum absolute atomic E-state index is 0.0956. The highest BCUT2D eigenvalue weighted by molar-refractivity contribution is 7.98. The van der Waals surface area contributed by atoms with Gasteiger partial charge in [-0.05, 0) is 55.9 Å². The van der Waals surface area contributed by atoms with Crippen LogP contribution in [0.5, 0.6) is 0 Å². The second kappa shape index (κ2) is 5.26. The third-order valence-electron chi connectivity index (χ3n) is 3.46. The number of hydrogen-bond acceptors (Lipinski definition) is 2. The van der Waals surface area contributed by atoms with Crippen molar-refractivity contribution in [2.24, 2.45) is 17.8 Å². The zero-order valence-corrected chi connectivity index (χ0v) is 9.81. The predicted octanol–water partition coefficient (Wildman–Crippen LogP) is 2.78. The van der Waals surface area contributed by atoms with Crippen LogP contribution in [-0.2, 0) is 0 Å². The SMILES string of the molecule is CSCCC1CC([C@@H](C)O)CC1C. The molecule has 0 aliphatic heterocycles. The van der Waals surface area contributed by atoms with Gasteiger partial charge in [0.05, 0.1) is 6.10 Å². The van der Waals surface area contributed by atoms with E-state index in [4.69, 9.17) is 0 Å². The van der Waals surface area contributed by atoms with E-state index in [0.29, 0.717) is 5.92 Å². The van der Waals surface area contributed by atoms with Crippen LogP contribution in [-0.4, -0.2) is 23.2 Å². The van der Waals surface area contributed by atoms with E-state index in [0.717, 1.165) is 11.8 Å². The molecule has 1 nitrogen and oxygen atoms in total. The molecule has 1 rings (SSSR count). The lowest BCUT2D eigenvalue weighted by Gasteiger charge is -2.14. The minimum Gasteiger partial charge on any atom is -0.393 e. The first kappa shape index (κ1) is 11.4. The van der Waals surface area contributed by atoms with Crippen LogP contribution in [0, 0.1) is 17.8 Å². The molecule has 0 bridgehead atoms. The molecule has 1 N–H and O–H groups in total. The Morgan fingerprint density at radius 2 is 2.15 bits per heavy atom. The second-order valence-electron chi connectivity index (χ2n) is 4.49. The van der Waals surface area contributed by atoms with E-state index in [1.165, 1.54) is 25.0 Å². The first-order chi connectivity index (χ1) is 6.15. The fourth-order valence-electron chi connectivity index (χ4n) is 2.45. The van der Waals surface area contributed by atoms with Crippen molar-refractivity contribution in [3.05, 3.63) is 0 Å². The summed E-state index contributed by atoms with van der Waals surface area (Å²) < 4.78 is 0. The van der Waals surface area contributed by atoms with Crippen molar-refractivity contribution in [2.45, 2.75) is 39.2 Å². The molecular formula is C11H22OS. The summed E-state index contributed by atoms with van der Waals surface area (Å²) in [6.45, 7) is 4.28. The fourth-order valence-corrected chi connectivity index (χ4v) is 2.99. The Labute approximate surface area is 86.3 Å². The van der Waals surface area contributed by atoms with E-state index in [1.807, 2.05) is 18.7 Å². The van der Waals surface area contributed by atoms with Gasteiger partial charge in [0.1, 0.15) is 0 Å². The average Bonchev–Trinajstić information content (AvgIpc) is 2.44. The van der Waals surface area contributed by atoms with Gasteiger partial charge >= 0.3 is 0 Å². The number of aliphatic hydroxyl groups excluding tert-OH is 1. The van der Waals surface area contributed by atoms with Crippen LogP contribution in [0.3, 0.4) is 0 Å². The molecule has 3 unspecified atom stereocenters. The van der Waals surface area contributed by atoms with Crippen LogP contribution in [0.15, 0.2) is 0 Å². The van der Waals surface area contributed by atoms with Crippen molar-refractivity contribution < 1.29 is 5.11 Å². The van der Waals surface area contributed by atoms with Crippen LogP contribution in [0.1, 0.15) is 33.1 Å². The molecule has 0 heterocycles. The topological polar surface area (TPSA) is 20.2 Å². The molecule has 1 saturated carbocycles. The largest absolute Gasteiger partial charge is 0.393 e. The Hall–Kier alpha value is 0.310. The number of hydrogen-bond donors (Lipinski definition) is 1. The molecule has 1 aliphatic rings. The molecule has 4 atom stereocenters. The fraction of sp³-hybridized carbons (Fsp3) is 1.00. The van der Waals surface area contributed by atoms with Gasteiger partial charge in [-0.2, -0.15) is 11.8 Å². The summed E-state index contributed by atoms with van der Waals surface area (Å²) in [5, 5.41) is 9.51. The van der Waals surface area contributed by atoms with Gasteiger partial charge in [-0.15, -0.1) is 0 Å². The molecule has 0 spiro atoms. The lowest BCUT2D eigenvalue weighted by Crippen LogP contribution is -2.13. The summed E-state index contributed by atoms with van der Waals surface area (Å²) in [5.41, 5.74) is 0. The summed E-state index contributed by atoms with van der Waals surface area (Å²) in [5.74, 6) is 3.54. The van der Waals surface area contributed by atoms with Crippen LogP contribution in [0.4, 0.5) is 0 Å². The van der Waals surface area contributed by atoms with Gasteiger partial charge in [0.25, 0.3) is 0 Å². The van der Waals surface area contributed by atoms with E-state index in [1.54, 1.807) is 0 Å². The zero-order valence-electron chi connectivity index (χ0n) is 8.99. The summed E-state index contributed by atoms with van der Waals surface area (Å²) in [6, 6.07) is 0. The number of rotatable bonds is 4. The highest BCUT2D eigenvalue weighted by Gasteiger charge is 2.32. The molecule has 0 aromatic carbocycles. The molecular weight excluding hydrogens is 180 g/mol. The van der Waals surface area contributed by atoms with Gasteiger partial charge in [-0.1, -0.05) is 6.92 Å². The second-order valence-corrected chi connectivity index (χ2v) is 5.48. The standard InChI is InChI=1S/C11H22OS/c1-8-6-11(9(2)12)7-10(8)4-5-13-3/h8-12H,4-7H2,1-3H3/t8?,9-,10?,11?/m1/s1. The van der Waals surface area contributed by atoms with Gasteiger partial charge in [0.2, 0.25) is 0 Å². The lowest BCUT2D eigenvalue weighted by molar-refractivity contribution is 0.125. The maximum atomic E-state index is 9.51. The Kier molecular flexibility index (Phi) is 4.60. The molecule has 2 heteroatoms. The van der Waals surface area contributed by atoms with Crippen molar-refractivity contribution in [3.8, 4) is 0 Å². The summed E-state index contributed by atoms with van der Waals surface area (Å²) in [4.78, 5) is 0. The van der Waals surface area contributed by atoms with E-state index >= 15 is 0 Å². The van der Waals surface area contributed by atoms with Crippen LogP contribution >= 0.6 is 11.8 Å². The minimum atomic E-state index is -0.0956. The normalized spacial score (nSPS) is 36.5. The maximum absolute atomic E-state index is 9.51. The molecule has 0 aromatic rings. The van der Waals surface area contributed by atoms with Crippen LogP contribution in [0.25, 0.3) is 0 Å². The van der Waals surface area contributed by atoms with Crippen molar-refractivity contribution >= 4 is 11.8 Å². The molecule has 13 heavy (non-hydrogen) atoms. The first-order valence-electron chi connectivity index (χ1n) is 5.32. The predicted molar refractivity (Wildman–Crippen MR) is 60.1 cm³/mol. The third kappa shape index (κ3) is 3.17. The van der Waals surface area contributed by atoms with E-state index in [9.17, 15) is 5.11 Å². The van der Waals surface area contributed by atoms with Crippen molar-refractivity contribution in [1.29, 1.82) is 0 Å². The highest BCUT2D eigenvalue weighted by atomic mass is 32.2. The van der Waals surface area contributed by atoms with Gasteiger partial charge < -0.3 is 5.11 Å². The molecule has 0 aromatic heterocycles. The lowest BCUT2D eigenvalue weighted by atomic mass is 9.95. The van der Waals surface area contributed by atoms with Crippen LogP contribution < -0.4 is 0 Å². The smallest absolute Gasteiger partial charge is 0.0540 e. The summed E-state index contributed by atoms with van der Waals surface area (Å²) in [6.07, 6.45) is 5.90. The zero-order chi connectivity index (χ0) is 9.84. The van der Waals surface area contributed by atoms with Crippen molar-refractivity contribution in [2.75, 3.05) is 12.0 Å². The van der Waals surface area contributed by atoms with Gasteiger partial charge in [0.15, 0.2) is 0 Å². The Balaban J connectivity index is 2.33. The van der Waals surface area contributed by atoms with E-state index < -0.39 is 0 Å². The van der Waals surface area contributed by atoms with Gasteiger partial charge in [-0.25, -0.2) is 0 Å². The summed E-state index contributed by atoms with van der Waals surface area (Å²) in [7, 11) is 0. The Morgan fingerprint density at radius 1 is 1.46 bits per heavy atom. The molecule has 1 aliphatic carbocycles. The van der Waals surface area contributed by atoms with Crippen LogP contribution in [0.2, 0.25) is 0 Å². The molecule has 0 saturated heterocycles. The highest BCUT2D eigenvalue weighted by Crippen LogP contribution is 2.40. The molecule has 0 amide bonds. The molecule has 0 radical (unpaired) electrons. The first-order valence-corrected chi connectivity index (χ1v) is 6.71. The summed E-state index contributed by atoms with van der Waals surface area (Å²) >= 11 is 1.94. The van der Waals surface area contributed by atoms with Gasteiger partial charge in [0, 0.05) is 0 Å². The van der Waals surface area contributed by atoms with E-state index in [2.05, 4.69) is 13.2 Å².